The van der Waals surface area contributed by atoms with Crippen LogP contribution in [0.3, 0.4) is 0 Å². The molecular formula is C18H15F2N3O3S. The van der Waals surface area contributed by atoms with Crippen LogP contribution in [0, 0.1) is 6.92 Å². The fourth-order valence-electron chi connectivity index (χ4n) is 2.65. The Morgan fingerprint density at radius 3 is 2.89 bits per heavy atom. The topological polar surface area (TPSA) is 69.3 Å². The van der Waals surface area contributed by atoms with Crippen molar-refractivity contribution in [1.29, 1.82) is 0 Å². The molecule has 140 valence electrons. The molecule has 0 spiro atoms. The number of nitrogens with zero attached hydrogens (tertiary/aromatic N) is 2. The molecule has 0 atom stereocenters. The van der Waals surface area contributed by atoms with Gasteiger partial charge in [0, 0.05) is 29.6 Å². The molecule has 0 saturated carbocycles. The number of H-pyrrole nitrogens is 1. The second-order valence-corrected chi connectivity index (χ2v) is 6.76. The van der Waals surface area contributed by atoms with E-state index in [4.69, 9.17) is 4.74 Å². The lowest BCUT2D eigenvalue weighted by atomic mass is 10.2. The van der Waals surface area contributed by atoms with Crippen molar-refractivity contribution < 1.29 is 23.0 Å². The van der Waals surface area contributed by atoms with Gasteiger partial charge in [0.15, 0.2) is 16.7 Å². The van der Waals surface area contributed by atoms with Gasteiger partial charge < -0.3 is 19.2 Å². The Morgan fingerprint density at radius 2 is 2.11 bits per heavy atom. The lowest BCUT2D eigenvalue weighted by Gasteiger charge is -2.10. The molecule has 6 nitrogen and oxygen atoms in total. The summed E-state index contributed by atoms with van der Waals surface area (Å²) < 4.78 is 40.8. The molecule has 1 aliphatic rings. The standard InChI is InChI=1S/C18H15F2N3O3S/c1-3-6-24-14-4-5-21-13(10(14)2)9-27-17-22-11-7-15-16(8-12(11)23-17)26-18(19,20)25-15/h3-5,7-8H,1,6,9H2,2H3,(H,22,23). The molecule has 3 heterocycles. The Hall–Kier alpha value is -2.81. The molecule has 0 saturated heterocycles. The zero-order valence-electron chi connectivity index (χ0n) is 14.3. The van der Waals surface area contributed by atoms with Crippen LogP contribution in [0.4, 0.5) is 8.78 Å². The van der Waals surface area contributed by atoms with Crippen molar-refractivity contribution in [2.45, 2.75) is 24.1 Å². The van der Waals surface area contributed by atoms with Gasteiger partial charge in [0.1, 0.15) is 12.4 Å². The monoisotopic (exact) mass is 391 g/mol. The van der Waals surface area contributed by atoms with Crippen LogP contribution in [0.2, 0.25) is 0 Å². The van der Waals surface area contributed by atoms with Gasteiger partial charge in [-0.2, -0.15) is 0 Å². The molecule has 0 bridgehead atoms. The second-order valence-electron chi connectivity index (χ2n) is 5.79. The molecule has 1 aliphatic heterocycles. The summed E-state index contributed by atoms with van der Waals surface area (Å²) in [6.07, 6.45) is -0.261. The number of pyridine rings is 1. The lowest BCUT2D eigenvalue weighted by Crippen LogP contribution is -2.25. The van der Waals surface area contributed by atoms with E-state index in [0.29, 0.717) is 28.5 Å². The smallest absolute Gasteiger partial charge is 0.489 e. The quantitative estimate of drug-likeness (QED) is 0.495. The number of aromatic nitrogens is 3. The van der Waals surface area contributed by atoms with E-state index in [1.165, 1.54) is 23.9 Å². The molecule has 1 N–H and O–H groups in total. The van der Waals surface area contributed by atoms with Crippen molar-refractivity contribution in [1.82, 2.24) is 15.0 Å². The van der Waals surface area contributed by atoms with Crippen LogP contribution in [0.15, 0.2) is 42.2 Å². The summed E-state index contributed by atoms with van der Waals surface area (Å²) in [4.78, 5) is 11.9. The van der Waals surface area contributed by atoms with Gasteiger partial charge in [-0.05, 0) is 13.0 Å². The van der Waals surface area contributed by atoms with Crippen LogP contribution in [-0.2, 0) is 5.75 Å². The summed E-state index contributed by atoms with van der Waals surface area (Å²) in [5.41, 5.74) is 2.93. The summed E-state index contributed by atoms with van der Waals surface area (Å²) in [5, 5.41) is 0.638. The van der Waals surface area contributed by atoms with Gasteiger partial charge in [-0.25, -0.2) is 4.98 Å². The Morgan fingerprint density at radius 1 is 1.33 bits per heavy atom. The first-order valence-electron chi connectivity index (χ1n) is 8.06. The van der Waals surface area contributed by atoms with Crippen molar-refractivity contribution in [3.05, 3.63) is 48.3 Å². The first-order chi connectivity index (χ1) is 12.9. The maximum Gasteiger partial charge on any atom is 0.586 e. The molecule has 2 aromatic heterocycles. The zero-order chi connectivity index (χ0) is 19.0. The van der Waals surface area contributed by atoms with Crippen LogP contribution in [0.1, 0.15) is 11.3 Å². The maximum absolute atomic E-state index is 13.1. The third-order valence-electron chi connectivity index (χ3n) is 3.94. The summed E-state index contributed by atoms with van der Waals surface area (Å²) in [6.45, 7) is 6.01. The number of nitrogens with one attached hydrogen (secondary N) is 1. The van der Waals surface area contributed by atoms with Gasteiger partial charge in [-0.1, -0.05) is 24.4 Å². The molecule has 0 amide bonds. The lowest BCUT2D eigenvalue weighted by molar-refractivity contribution is -0.286. The number of halogens is 2. The van der Waals surface area contributed by atoms with Gasteiger partial charge in [0.2, 0.25) is 0 Å². The number of thioether (sulfide) groups is 1. The van der Waals surface area contributed by atoms with Gasteiger partial charge in [-0.15, -0.1) is 8.78 Å². The summed E-state index contributed by atoms with van der Waals surface area (Å²) in [5.74, 6) is 1.29. The van der Waals surface area contributed by atoms with E-state index in [2.05, 4.69) is 31.0 Å². The summed E-state index contributed by atoms with van der Waals surface area (Å²) >= 11 is 1.45. The highest BCUT2D eigenvalue weighted by molar-refractivity contribution is 7.98. The normalized spacial score (nSPS) is 14.5. The van der Waals surface area contributed by atoms with E-state index in [1.807, 2.05) is 13.0 Å². The van der Waals surface area contributed by atoms with Crippen LogP contribution in [0.5, 0.6) is 17.2 Å². The van der Waals surface area contributed by atoms with E-state index in [1.54, 1.807) is 12.3 Å². The van der Waals surface area contributed by atoms with Crippen molar-refractivity contribution >= 4 is 22.8 Å². The number of hydrogen-bond donors (Lipinski definition) is 1. The SMILES string of the molecule is C=CCOc1ccnc(CSc2nc3cc4c(cc3[nH]2)OC(F)(F)O4)c1C. The van der Waals surface area contributed by atoms with Crippen molar-refractivity contribution in [3.63, 3.8) is 0 Å². The van der Waals surface area contributed by atoms with E-state index in [9.17, 15) is 8.78 Å². The van der Waals surface area contributed by atoms with Gasteiger partial charge in [0.05, 0.1) is 16.7 Å². The minimum absolute atomic E-state index is 0.0164. The minimum atomic E-state index is -3.64. The summed E-state index contributed by atoms with van der Waals surface area (Å²) in [6, 6.07) is 4.70. The third-order valence-corrected chi connectivity index (χ3v) is 4.83. The number of benzene rings is 1. The van der Waals surface area contributed by atoms with Crippen LogP contribution in [-0.4, -0.2) is 27.9 Å². The highest BCUT2D eigenvalue weighted by Crippen LogP contribution is 2.43. The van der Waals surface area contributed by atoms with Gasteiger partial charge in [0.25, 0.3) is 0 Å². The predicted molar refractivity (Wildman–Crippen MR) is 96.5 cm³/mol. The Kier molecular flexibility index (Phi) is 4.39. The van der Waals surface area contributed by atoms with E-state index >= 15 is 0 Å². The minimum Gasteiger partial charge on any atom is -0.489 e. The average Bonchev–Trinajstić information content (AvgIpc) is 3.14. The van der Waals surface area contributed by atoms with Crippen LogP contribution in [0.25, 0.3) is 11.0 Å². The third kappa shape index (κ3) is 3.55. The number of rotatable bonds is 6. The molecule has 9 heteroatoms. The van der Waals surface area contributed by atoms with E-state index in [0.717, 1.165) is 17.0 Å². The number of fused-ring (bicyclic) bond motifs is 2. The van der Waals surface area contributed by atoms with Gasteiger partial charge >= 0.3 is 6.29 Å². The van der Waals surface area contributed by atoms with Gasteiger partial charge in [-0.3, -0.25) is 4.98 Å². The highest BCUT2D eigenvalue weighted by Gasteiger charge is 2.43. The molecule has 27 heavy (non-hydrogen) atoms. The van der Waals surface area contributed by atoms with Crippen molar-refractivity contribution in [3.8, 4) is 17.2 Å². The molecule has 4 rings (SSSR count). The fourth-order valence-corrected chi connectivity index (χ4v) is 3.55. The number of alkyl halides is 2. The van der Waals surface area contributed by atoms with Crippen molar-refractivity contribution in [2.24, 2.45) is 0 Å². The molecule has 1 aromatic carbocycles. The zero-order valence-corrected chi connectivity index (χ0v) is 15.1. The van der Waals surface area contributed by atoms with E-state index in [-0.39, 0.29) is 11.5 Å². The molecule has 3 aromatic rings. The van der Waals surface area contributed by atoms with Crippen LogP contribution < -0.4 is 14.2 Å². The van der Waals surface area contributed by atoms with Crippen LogP contribution >= 0.6 is 11.8 Å². The predicted octanol–water partition coefficient (Wildman–Crippen LogP) is 4.44. The first kappa shape index (κ1) is 17.6. The largest absolute Gasteiger partial charge is 0.586 e. The Balaban J connectivity index is 1.51. The molecule has 0 aliphatic carbocycles. The molecule has 0 fully saturated rings. The molecule has 0 radical (unpaired) electrons. The fraction of sp³-hybridized carbons (Fsp3) is 0.222. The number of imidazole rings is 1. The Labute approximate surface area is 157 Å². The second kappa shape index (κ2) is 6.73. The van der Waals surface area contributed by atoms with Crippen molar-refractivity contribution in [2.75, 3.05) is 6.61 Å². The Bertz CT molecular complexity index is 977. The molecular weight excluding hydrogens is 376 g/mol. The summed E-state index contributed by atoms with van der Waals surface area (Å²) in [7, 11) is 0. The first-order valence-corrected chi connectivity index (χ1v) is 9.04. The number of ether oxygens (including phenoxy) is 3. The average molecular weight is 391 g/mol. The van der Waals surface area contributed by atoms with E-state index < -0.39 is 6.29 Å². The molecule has 0 unspecified atom stereocenters. The highest BCUT2D eigenvalue weighted by atomic mass is 32.2. The number of aromatic amines is 1. The maximum atomic E-state index is 13.1. The number of hydrogen-bond acceptors (Lipinski definition) is 6.